The Morgan fingerprint density at radius 1 is 1.42 bits per heavy atom. The smallest absolute Gasteiger partial charge is 0.240 e. The van der Waals surface area contributed by atoms with E-state index in [9.17, 15) is 8.42 Å². The molecule has 1 aliphatic rings. The third-order valence-corrected chi connectivity index (χ3v) is 4.53. The fourth-order valence-corrected chi connectivity index (χ4v) is 3.07. The highest BCUT2D eigenvalue weighted by atomic mass is 32.2. The number of benzene rings is 1. The molecule has 1 aliphatic heterocycles. The molecule has 106 valence electrons. The summed E-state index contributed by atoms with van der Waals surface area (Å²) in [4.78, 5) is 0.269. The summed E-state index contributed by atoms with van der Waals surface area (Å²) < 4.78 is 32.3. The normalized spacial score (nSPS) is 18.3. The number of hydrogen-bond donors (Lipinski definition) is 2. The molecule has 6 heteroatoms. The van der Waals surface area contributed by atoms with Gasteiger partial charge in [0.2, 0.25) is 10.0 Å². The number of fused-ring (bicyclic) bond motifs is 1. The van der Waals surface area contributed by atoms with Gasteiger partial charge in [-0.15, -0.1) is 0 Å². The zero-order chi connectivity index (χ0) is 13.9. The molecule has 0 aliphatic carbocycles. The van der Waals surface area contributed by atoms with Crippen molar-refractivity contribution in [2.24, 2.45) is 0 Å². The molecule has 0 aromatic heterocycles. The molecule has 1 atom stereocenters. The van der Waals surface area contributed by atoms with E-state index in [-0.39, 0.29) is 11.0 Å². The van der Waals surface area contributed by atoms with E-state index in [1.165, 1.54) is 0 Å². The molecule has 0 saturated carbocycles. The lowest BCUT2D eigenvalue weighted by Gasteiger charge is -2.26. The highest BCUT2D eigenvalue weighted by Gasteiger charge is 2.21. The maximum Gasteiger partial charge on any atom is 0.240 e. The summed E-state index contributed by atoms with van der Waals surface area (Å²) in [6.07, 6.45) is 1.84. The molecule has 0 spiro atoms. The van der Waals surface area contributed by atoms with Gasteiger partial charge in [0.05, 0.1) is 17.1 Å². The van der Waals surface area contributed by atoms with Crippen LogP contribution >= 0.6 is 0 Å². The Morgan fingerprint density at radius 3 is 2.89 bits per heavy atom. The van der Waals surface area contributed by atoms with Crippen molar-refractivity contribution < 1.29 is 13.2 Å². The van der Waals surface area contributed by atoms with Crippen LogP contribution in [0.2, 0.25) is 0 Å². The van der Waals surface area contributed by atoms with E-state index in [0.29, 0.717) is 18.8 Å². The van der Waals surface area contributed by atoms with Gasteiger partial charge in [-0.2, -0.15) is 0 Å². The summed E-state index contributed by atoms with van der Waals surface area (Å²) in [7, 11) is -3.42. The van der Waals surface area contributed by atoms with Crippen LogP contribution in [0.5, 0.6) is 5.75 Å². The fraction of sp³-hybridized carbons (Fsp3) is 0.538. The van der Waals surface area contributed by atoms with Crippen LogP contribution in [0.1, 0.15) is 26.7 Å². The van der Waals surface area contributed by atoms with Gasteiger partial charge in [-0.25, -0.2) is 13.1 Å². The minimum Gasteiger partial charge on any atom is -0.486 e. The third kappa shape index (κ3) is 3.19. The molecule has 1 aromatic carbocycles. The van der Waals surface area contributed by atoms with Gasteiger partial charge in [0.15, 0.2) is 0 Å². The first-order valence-corrected chi connectivity index (χ1v) is 8.09. The standard InChI is InChI=1S/C13H20N2O3S/c1-3-7-15-19(16,17)11-5-6-13-12(8-11)14-9-10(4-2)18-13/h5-6,8,10,14-15H,3-4,7,9H2,1-2H3. The first kappa shape index (κ1) is 14.1. The zero-order valence-electron chi connectivity index (χ0n) is 11.3. The summed E-state index contributed by atoms with van der Waals surface area (Å²) in [5, 5.41) is 3.21. The Hall–Kier alpha value is -1.27. The molecule has 1 heterocycles. The van der Waals surface area contributed by atoms with Crippen LogP contribution < -0.4 is 14.8 Å². The molecule has 0 fully saturated rings. The fourth-order valence-electron chi connectivity index (χ4n) is 1.91. The quantitative estimate of drug-likeness (QED) is 0.867. The number of anilines is 1. The first-order chi connectivity index (χ1) is 9.06. The number of nitrogens with one attached hydrogen (secondary N) is 2. The summed E-state index contributed by atoms with van der Waals surface area (Å²) in [6, 6.07) is 4.92. The molecule has 0 amide bonds. The first-order valence-electron chi connectivity index (χ1n) is 6.61. The van der Waals surface area contributed by atoms with Crippen molar-refractivity contribution in [3.8, 4) is 5.75 Å². The van der Waals surface area contributed by atoms with E-state index in [1.54, 1.807) is 18.2 Å². The molecule has 0 saturated heterocycles. The second-order valence-corrected chi connectivity index (χ2v) is 6.35. The van der Waals surface area contributed by atoms with Crippen LogP contribution in [-0.2, 0) is 10.0 Å². The van der Waals surface area contributed by atoms with E-state index in [2.05, 4.69) is 17.0 Å². The predicted molar refractivity (Wildman–Crippen MR) is 75.1 cm³/mol. The molecule has 1 aromatic rings. The molecule has 5 nitrogen and oxygen atoms in total. The summed E-state index contributed by atoms with van der Waals surface area (Å²) >= 11 is 0. The van der Waals surface area contributed by atoms with Crippen LogP contribution in [0.4, 0.5) is 5.69 Å². The van der Waals surface area contributed by atoms with Gasteiger partial charge in [-0.3, -0.25) is 0 Å². The van der Waals surface area contributed by atoms with Crippen LogP contribution in [0.3, 0.4) is 0 Å². The Morgan fingerprint density at radius 2 is 2.21 bits per heavy atom. The Kier molecular flexibility index (Phi) is 4.31. The second-order valence-electron chi connectivity index (χ2n) is 4.58. The van der Waals surface area contributed by atoms with Crippen molar-refractivity contribution >= 4 is 15.7 Å². The van der Waals surface area contributed by atoms with Crippen molar-refractivity contribution in [2.75, 3.05) is 18.4 Å². The van der Waals surface area contributed by atoms with Gasteiger partial charge in [-0.1, -0.05) is 13.8 Å². The van der Waals surface area contributed by atoms with Crippen LogP contribution in [0.25, 0.3) is 0 Å². The minimum absolute atomic E-state index is 0.146. The number of rotatable bonds is 5. The van der Waals surface area contributed by atoms with E-state index in [0.717, 1.165) is 18.5 Å². The Labute approximate surface area is 114 Å². The van der Waals surface area contributed by atoms with Gasteiger partial charge in [0.25, 0.3) is 0 Å². The van der Waals surface area contributed by atoms with E-state index >= 15 is 0 Å². The van der Waals surface area contributed by atoms with Gasteiger partial charge in [-0.05, 0) is 31.0 Å². The monoisotopic (exact) mass is 284 g/mol. The molecule has 0 radical (unpaired) electrons. The van der Waals surface area contributed by atoms with Crippen molar-refractivity contribution in [3.63, 3.8) is 0 Å². The topological polar surface area (TPSA) is 67.4 Å². The van der Waals surface area contributed by atoms with Crippen LogP contribution in [0.15, 0.2) is 23.1 Å². The van der Waals surface area contributed by atoms with Crippen LogP contribution in [0, 0.1) is 0 Å². The summed E-state index contributed by atoms with van der Waals surface area (Å²) in [5.41, 5.74) is 0.740. The number of sulfonamides is 1. The second kappa shape index (κ2) is 5.79. The van der Waals surface area contributed by atoms with Crippen LogP contribution in [-0.4, -0.2) is 27.6 Å². The largest absolute Gasteiger partial charge is 0.486 e. The molecular weight excluding hydrogens is 264 g/mol. The molecule has 19 heavy (non-hydrogen) atoms. The van der Waals surface area contributed by atoms with Crippen molar-refractivity contribution in [2.45, 2.75) is 37.7 Å². The maximum atomic E-state index is 12.0. The lowest BCUT2D eigenvalue weighted by Crippen LogP contribution is -2.30. The van der Waals surface area contributed by atoms with Gasteiger partial charge in [0, 0.05) is 6.54 Å². The van der Waals surface area contributed by atoms with Gasteiger partial charge in [0.1, 0.15) is 11.9 Å². The average molecular weight is 284 g/mol. The summed E-state index contributed by atoms with van der Waals surface area (Å²) in [5.74, 6) is 0.715. The molecule has 0 bridgehead atoms. The van der Waals surface area contributed by atoms with Gasteiger partial charge < -0.3 is 10.1 Å². The highest BCUT2D eigenvalue weighted by Crippen LogP contribution is 2.31. The number of ether oxygens (including phenoxy) is 1. The number of hydrogen-bond acceptors (Lipinski definition) is 4. The van der Waals surface area contributed by atoms with Crippen molar-refractivity contribution in [1.82, 2.24) is 4.72 Å². The SMILES string of the molecule is CCCNS(=O)(=O)c1ccc2c(c1)NCC(CC)O2. The predicted octanol–water partition coefficient (Wildman–Crippen LogP) is 1.96. The van der Waals surface area contributed by atoms with E-state index in [4.69, 9.17) is 4.74 Å². The minimum atomic E-state index is -3.42. The van der Waals surface area contributed by atoms with E-state index in [1.807, 2.05) is 6.92 Å². The highest BCUT2D eigenvalue weighted by molar-refractivity contribution is 7.89. The third-order valence-electron chi connectivity index (χ3n) is 3.07. The molecular formula is C13H20N2O3S. The van der Waals surface area contributed by atoms with E-state index < -0.39 is 10.0 Å². The lowest BCUT2D eigenvalue weighted by atomic mass is 10.2. The Balaban J connectivity index is 2.22. The van der Waals surface area contributed by atoms with Crippen molar-refractivity contribution in [1.29, 1.82) is 0 Å². The summed E-state index contributed by atoms with van der Waals surface area (Å²) in [6.45, 7) is 5.14. The zero-order valence-corrected chi connectivity index (χ0v) is 12.1. The molecule has 2 rings (SSSR count). The Bertz CT molecular complexity index is 543. The lowest BCUT2D eigenvalue weighted by molar-refractivity contribution is 0.201. The molecule has 2 N–H and O–H groups in total. The maximum absolute atomic E-state index is 12.0. The molecule has 1 unspecified atom stereocenters. The average Bonchev–Trinajstić information content (AvgIpc) is 2.44. The van der Waals surface area contributed by atoms with Crippen molar-refractivity contribution in [3.05, 3.63) is 18.2 Å². The van der Waals surface area contributed by atoms with Gasteiger partial charge >= 0.3 is 0 Å².